The highest BCUT2D eigenvalue weighted by atomic mass is 16.5. The van der Waals surface area contributed by atoms with Gasteiger partial charge in [-0.3, -0.25) is 0 Å². The number of carboxylic acid groups (broad SMARTS) is 1. The quantitative estimate of drug-likeness (QED) is 0.765. The number of amides is 2. The molecule has 0 aromatic carbocycles. The topological polar surface area (TPSA) is 79.3 Å². The summed E-state index contributed by atoms with van der Waals surface area (Å²) in [6, 6.07) is -1.11. The molecule has 0 bridgehead atoms. The summed E-state index contributed by atoms with van der Waals surface area (Å²) in [6.07, 6.45) is 1.86. The van der Waals surface area contributed by atoms with Gasteiger partial charge >= 0.3 is 12.0 Å². The molecular formula is C12H20N2O5. The fourth-order valence-corrected chi connectivity index (χ4v) is 2.52. The Hall–Kier alpha value is -1.34. The van der Waals surface area contributed by atoms with Crippen LogP contribution in [-0.4, -0.2) is 79.0 Å². The Bertz CT molecular complexity index is 349. The molecule has 19 heavy (non-hydrogen) atoms. The molecule has 0 saturated carbocycles. The molecule has 2 atom stereocenters. The molecule has 2 saturated heterocycles. The monoisotopic (exact) mass is 272 g/mol. The van der Waals surface area contributed by atoms with Crippen molar-refractivity contribution in [2.45, 2.75) is 25.0 Å². The molecule has 2 amide bonds. The van der Waals surface area contributed by atoms with Crippen molar-refractivity contribution >= 4 is 12.0 Å². The Morgan fingerprint density at radius 1 is 1.37 bits per heavy atom. The van der Waals surface area contributed by atoms with Crippen LogP contribution in [0.1, 0.15) is 12.8 Å². The van der Waals surface area contributed by atoms with Gasteiger partial charge in [0.15, 0.2) is 6.04 Å². The average molecular weight is 272 g/mol. The van der Waals surface area contributed by atoms with Crippen molar-refractivity contribution in [2.24, 2.45) is 0 Å². The molecule has 7 heteroatoms. The summed E-state index contributed by atoms with van der Waals surface area (Å²) in [7, 11) is 1.63. The van der Waals surface area contributed by atoms with Crippen molar-refractivity contribution in [1.29, 1.82) is 0 Å². The number of hydrogen-bond donors (Lipinski definition) is 1. The van der Waals surface area contributed by atoms with E-state index >= 15 is 0 Å². The standard InChI is InChI=1S/C12H20N2O5/c1-18-9-3-2-4-13(7-9)12(17)14-5-6-19-8-10(14)11(15)16/h9-10H,2-8H2,1H3,(H,15,16). The van der Waals surface area contributed by atoms with E-state index in [-0.39, 0.29) is 18.7 Å². The first-order valence-electron chi connectivity index (χ1n) is 6.52. The highest BCUT2D eigenvalue weighted by molar-refractivity contribution is 5.83. The number of ether oxygens (including phenoxy) is 2. The maximum atomic E-state index is 12.4. The zero-order valence-corrected chi connectivity index (χ0v) is 11.1. The number of morpholine rings is 1. The third-order valence-electron chi connectivity index (χ3n) is 3.64. The van der Waals surface area contributed by atoms with Crippen molar-refractivity contribution in [1.82, 2.24) is 9.80 Å². The average Bonchev–Trinajstić information content (AvgIpc) is 2.46. The van der Waals surface area contributed by atoms with E-state index in [0.29, 0.717) is 26.2 Å². The zero-order chi connectivity index (χ0) is 13.8. The van der Waals surface area contributed by atoms with Crippen LogP contribution in [0.15, 0.2) is 0 Å². The lowest BCUT2D eigenvalue weighted by Crippen LogP contribution is -2.58. The first-order valence-corrected chi connectivity index (χ1v) is 6.52. The van der Waals surface area contributed by atoms with Crippen LogP contribution in [0.25, 0.3) is 0 Å². The van der Waals surface area contributed by atoms with Gasteiger partial charge < -0.3 is 24.4 Å². The van der Waals surface area contributed by atoms with E-state index in [1.165, 1.54) is 4.90 Å². The summed E-state index contributed by atoms with van der Waals surface area (Å²) >= 11 is 0. The van der Waals surface area contributed by atoms with E-state index in [4.69, 9.17) is 14.6 Å². The summed E-state index contributed by atoms with van der Waals surface area (Å²) in [6.45, 7) is 1.95. The second-order valence-corrected chi connectivity index (χ2v) is 4.85. The number of carboxylic acids is 1. The van der Waals surface area contributed by atoms with Gasteiger partial charge in [-0.05, 0) is 12.8 Å². The molecule has 2 rings (SSSR count). The Labute approximate surface area is 112 Å². The van der Waals surface area contributed by atoms with Crippen molar-refractivity contribution in [2.75, 3.05) is 40.0 Å². The molecule has 2 fully saturated rings. The summed E-state index contributed by atoms with van der Waals surface area (Å²) < 4.78 is 10.4. The number of nitrogens with zero attached hydrogens (tertiary/aromatic N) is 2. The molecule has 2 aliphatic rings. The van der Waals surface area contributed by atoms with E-state index in [9.17, 15) is 9.59 Å². The van der Waals surface area contributed by atoms with E-state index in [1.807, 2.05) is 0 Å². The van der Waals surface area contributed by atoms with Crippen LogP contribution in [0.4, 0.5) is 4.79 Å². The third-order valence-corrected chi connectivity index (χ3v) is 3.64. The first-order chi connectivity index (χ1) is 9.13. The number of urea groups is 1. The molecule has 2 unspecified atom stereocenters. The van der Waals surface area contributed by atoms with Crippen LogP contribution < -0.4 is 0 Å². The summed E-state index contributed by atoms with van der Waals surface area (Å²) in [4.78, 5) is 26.6. The van der Waals surface area contributed by atoms with E-state index in [0.717, 1.165) is 12.8 Å². The molecule has 1 N–H and O–H groups in total. The molecular weight excluding hydrogens is 252 g/mol. The second-order valence-electron chi connectivity index (χ2n) is 4.85. The molecule has 0 aromatic heterocycles. The van der Waals surface area contributed by atoms with Gasteiger partial charge in [0.1, 0.15) is 0 Å². The predicted octanol–water partition coefficient (Wildman–Crippen LogP) is 0.00260. The zero-order valence-electron chi connectivity index (χ0n) is 11.1. The van der Waals surface area contributed by atoms with Crippen LogP contribution >= 0.6 is 0 Å². The number of carbonyl (C=O) groups excluding carboxylic acids is 1. The van der Waals surface area contributed by atoms with Gasteiger partial charge in [0.2, 0.25) is 0 Å². The number of likely N-dealkylation sites (tertiary alicyclic amines) is 1. The van der Waals surface area contributed by atoms with Crippen LogP contribution in [0.3, 0.4) is 0 Å². The van der Waals surface area contributed by atoms with Crippen molar-refractivity contribution < 1.29 is 24.2 Å². The van der Waals surface area contributed by atoms with Crippen LogP contribution in [0.2, 0.25) is 0 Å². The largest absolute Gasteiger partial charge is 0.480 e. The third kappa shape index (κ3) is 3.16. The summed E-state index contributed by atoms with van der Waals surface area (Å²) in [5.41, 5.74) is 0. The van der Waals surface area contributed by atoms with Gasteiger partial charge in [0.05, 0.1) is 19.3 Å². The minimum Gasteiger partial charge on any atom is -0.480 e. The molecule has 2 aliphatic heterocycles. The SMILES string of the molecule is COC1CCCN(C(=O)N2CCOCC2C(=O)O)C1. The molecule has 0 aromatic rings. The van der Waals surface area contributed by atoms with Crippen LogP contribution in [0.5, 0.6) is 0 Å². The smallest absolute Gasteiger partial charge is 0.328 e. The fraction of sp³-hybridized carbons (Fsp3) is 0.833. The Kier molecular flexibility index (Phi) is 4.60. The lowest BCUT2D eigenvalue weighted by atomic mass is 10.1. The van der Waals surface area contributed by atoms with E-state index in [2.05, 4.69) is 0 Å². The van der Waals surface area contributed by atoms with Gasteiger partial charge in [-0.25, -0.2) is 9.59 Å². The number of rotatable bonds is 2. The molecule has 0 spiro atoms. The van der Waals surface area contributed by atoms with E-state index in [1.54, 1.807) is 12.0 Å². The summed E-state index contributed by atoms with van der Waals surface area (Å²) in [5.74, 6) is -1.02. The van der Waals surface area contributed by atoms with Crippen LogP contribution in [-0.2, 0) is 14.3 Å². The van der Waals surface area contributed by atoms with Crippen molar-refractivity contribution in [3.8, 4) is 0 Å². The molecule has 0 radical (unpaired) electrons. The van der Waals surface area contributed by atoms with Gasteiger partial charge in [-0.15, -0.1) is 0 Å². The van der Waals surface area contributed by atoms with Crippen LogP contribution in [0, 0.1) is 0 Å². The van der Waals surface area contributed by atoms with Gasteiger partial charge in [0.25, 0.3) is 0 Å². The first kappa shape index (κ1) is 14.1. The minimum atomic E-state index is -1.02. The maximum Gasteiger partial charge on any atom is 0.328 e. The van der Waals surface area contributed by atoms with Gasteiger partial charge in [0, 0.05) is 26.7 Å². The highest BCUT2D eigenvalue weighted by Gasteiger charge is 2.36. The normalized spacial score (nSPS) is 28.3. The summed E-state index contributed by atoms with van der Waals surface area (Å²) in [5, 5.41) is 9.14. The highest BCUT2D eigenvalue weighted by Crippen LogP contribution is 2.17. The van der Waals surface area contributed by atoms with Gasteiger partial charge in [-0.2, -0.15) is 0 Å². The lowest BCUT2D eigenvalue weighted by Gasteiger charge is -2.39. The Morgan fingerprint density at radius 3 is 2.84 bits per heavy atom. The Balaban J connectivity index is 2.02. The second kappa shape index (κ2) is 6.21. The van der Waals surface area contributed by atoms with Crippen molar-refractivity contribution in [3.63, 3.8) is 0 Å². The molecule has 7 nitrogen and oxygen atoms in total. The molecule has 0 aliphatic carbocycles. The van der Waals surface area contributed by atoms with Gasteiger partial charge in [-0.1, -0.05) is 0 Å². The maximum absolute atomic E-state index is 12.4. The number of methoxy groups -OCH3 is 1. The molecule has 108 valence electrons. The lowest BCUT2D eigenvalue weighted by molar-refractivity contribution is -0.147. The minimum absolute atomic E-state index is 0.0435. The number of piperidine rings is 1. The molecule has 2 heterocycles. The van der Waals surface area contributed by atoms with E-state index < -0.39 is 12.0 Å². The number of aliphatic carboxylic acids is 1. The number of hydrogen-bond acceptors (Lipinski definition) is 4. The number of carbonyl (C=O) groups is 2. The van der Waals surface area contributed by atoms with Crippen molar-refractivity contribution in [3.05, 3.63) is 0 Å². The predicted molar refractivity (Wildman–Crippen MR) is 65.9 cm³/mol. The Morgan fingerprint density at radius 2 is 2.16 bits per heavy atom. The fourth-order valence-electron chi connectivity index (χ4n) is 2.52.